The predicted octanol–water partition coefficient (Wildman–Crippen LogP) is 4.12. The third kappa shape index (κ3) is 5.25. The van der Waals surface area contributed by atoms with Gasteiger partial charge in [-0.15, -0.1) is 0 Å². The molecule has 2 N–H and O–H groups in total. The molecule has 2 aliphatic rings. The molecule has 2 amide bonds. The van der Waals surface area contributed by atoms with E-state index in [4.69, 9.17) is 5.41 Å². The fourth-order valence-corrected chi connectivity index (χ4v) is 4.60. The van der Waals surface area contributed by atoms with Gasteiger partial charge in [0.2, 0.25) is 5.91 Å². The van der Waals surface area contributed by atoms with Gasteiger partial charge in [-0.3, -0.25) is 19.6 Å². The molecule has 0 radical (unpaired) electrons. The van der Waals surface area contributed by atoms with E-state index < -0.39 is 0 Å². The zero-order chi connectivity index (χ0) is 25.9. The molecule has 188 valence electrons. The van der Waals surface area contributed by atoms with Crippen molar-refractivity contribution in [2.45, 2.75) is 37.6 Å². The fraction of sp³-hybridized carbons (Fsp3) is 0.286. The minimum absolute atomic E-state index is 0.100. The van der Waals surface area contributed by atoms with E-state index in [0.29, 0.717) is 11.3 Å². The van der Waals surface area contributed by atoms with Gasteiger partial charge in [-0.05, 0) is 60.3 Å². The number of aromatic nitrogens is 2. The Labute approximate surface area is 215 Å². The number of carbonyl (C=O) groups is 2. The van der Waals surface area contributed by atoms with Crippen molar-refractivity contribution < 1.29 is 9.59 Å². The van der Waals surface area contributed by atoms with E-state index >= 15 is 0 Å². The van der Waals surface area contributed by atoms with E-state index in [1.54, 1.807) is 47.6 Å². The Morgan fingerprint density at radius 2 is 1.97 bits per heavy atom. The van der Waals surface area contributed by atoms with E-state index in [9.17, 15) is 15.0 Å². The van der Waals surface area contributed by atoms with Gasteiger partial charge in [-0.1, -0.05) is 37.4 Å². The van der Waals surface area contributed by atoms with Crippen LogP contribution < -0.4 is 5.32 Å². The molecule has 1 unspecified atom stereocenters. The van der Waals surface area contributed by atoms with Crippen molar-refractivity contribution in [2.75, 3.05) is 18.9 Å². The molecule has 1 atom stereocenters. The van der Waals surface area contributed by atoms with E-state index in [2.05, 4.69) is 15.3 Å². The number of amides is 2. The van der Waals surface area contributed by atoms with Gasteiger partial charge in [0.15, 0.2) is 0 Å². The van der Waals surface area contributed by atoms with Gasteiger partial charge in [0.05, 0.1) is 11.6 Å². The molecular weight excluding hydrogens is 466 g/mol. The molecule has 1 aliphatic heterocycles. The van der Waals surface area contributed by atoms with Gasteiger partial charge in [0, 0.05) is 43.1 Å². The van der Waals surface area contributed by atoms with E-state index in [1.807, 2.05) is 25.2 Å². The standard InChI is InChI=1S/C28H28N7O2/c1-34-13-3-6-23(28(34)37)24-10-7-20(16-32-24)18-11-12-31-25(15-18)27(36)33-21-5-2-4-19(14-21)26(30)35(17-29)22-8-9-22/h2,4-5,7,10-12,14-17,22-23,30H,3,6,8-9,13H2,1H3,(H,33,36)/q-1. The molecule has 9 nitrogen and oxygen atoms in total. The molecule has 3 aromatic rings. The molecule has 1 saturated carbocycles. The maximum Gasteiger partial charge on any atom is 0.274 e. The second-order valence-corrected chi connectivity index (χ2v) is 9.49. The summed E-state index contributed by atoms with van der Waals surface area (Å²) in [5, 5.41) is 20.8. The molecule has 1 aromatic carbocycles. The minimum Gasteiger partial charge on any atom is -0.472 e. The highest BCUT2D eigenvalue weighted by atomic mass is 16.2. The molecule has 37 heavy (non-hydrogen) atoms. The topological polar surface area (TPSA) is 125 Å². The highest BCUT2D eigenvalue weighted by Gasteiger charge is 2.28. The number of likely N-dealkylation sites (tertiary alicyclic amines) is 1. The lowest BCUT2D eigenvalue weighted by molar-refractivity contribution is -0.133. The number of hydrogen-bond donors (Lipinski definition) is 2. The molecule has 2 aromatic heterocycles. The van der Waals surface area contributed by atoms with Gasteiger partial charge in [-0.2, -0.15) is 0 Å². The number of rotatable bonds is 7. The maximum absolute atomic E-state index is 13.0. The first kappa shape index (κ1) is 24.3. The van der Waals surface area contributed by atoms with Crippen LogP contribution >= 0.6 is 0 Å². The highest BCUT2D eigenvalue weighted by Crippen LogP contribution is 2.29. The first-order chi connectivity index (χ1) is 17.9. The Balaban J connectivity index is 1.29. The number of nitrogens with zero attached hydrogens (tertiary/aromatic N) is 5. The molecule has 1 saturated heterocycles. The van der Waals surface area contributed by atoms with Crippen LogP contribution in [0.4, 0.5) is 5.69 Å². The molecule has 2 fully saturated rings. The third-order valence-corrected chi connectivity index (χ3v) is 6.85. The first-order valence-electron chi connectivity index (χ1n) is 12.4. The molecule has 9 heteroatoms. The molecular formula is C28H28N7O2-. The van der Waals surface area contributed by atoms with Crippen LogP contribution in [0.15, 0.2) is 60.9 Å². The first-order valence-corrected chi connectivity index (χ1v) is 12.4. The molecule has 1 aliphatic carbocycles. The van der Waals surface area contributed by atoms with Crippen LogP contribution in [0.5, 0.6) is 0 Å². The van der Waals surface area contributed by atoms with Gasteiger partial charge in [0.1, 0.15) is 5.69 Å². The highest BCUT2D eigenvalue weighted by molar-refractivity contribution is 6.06. The zero-order valence-corrected chi connectivity index (χ0v) is 20.6. The number of hydrogen-bond acceptors (Lipinski definition) is 5. The predicted molar refractivity (Wildman–Crippen MR) is 143 cm³/mol. The quantitative estimate of drug-likeness (QED) is 0.378. The van der Waals surface area contributed by atoms with Crippen molar-refractivity contribution in [1.82, 2.24) is 19.8 Å². The number of piperidine rings is 1. The van der Waals surface area contributed by atoms with Crippen molar-refractivity contribution in [1.29, 1.82) is 5.41 Å². The van der Waals surface area contributed by atoms with E-state index in [1.165, 1.54) is 4.90 Å². The summed E-state index contributed by atoms with van der Waals surface area (Å²) in [4.78, 5) is 37.5. The maximum atomic E-state index is 13.0. The van der Waals surface area contributed by atoms with Gasteiger partial charge < -0.3 is 25.9 Å². The van der Waals surface area contributed by atoms with Crippen LogP contribution in [0.25, 0.3) is 16.5 Å². The number of pyridine rings is 2. The van der Waals surface area contributed by atoms with Crippen LogP contribution in [0.2, 0.25) is 0 Å². The summed E-state index contributed by atoms with van der Waals surface area (Å²) in [6, 6.07) is 14.4. The second kappa shape index (κ2) is 10.3. The Morgan fingerprint density at radius 3 is 2.70 bits per heavy atom. The molecule has 0 bridgehead atoms. The lowest BCUT2D eigenvalue weighted by Gasteiger charge is -2.28. The van der Waals surface area contributed by atoms with Crippen LogP contribution in [0, 0.1) is 5.41 Å². The number of benzene rings is 1. The molecule has 3 heterocycles. The van der Waals surface area contributed by atoms with Gasteiger partial charge in [0.25, 0.3) is 5.91 Å². The van der Waals surface area contributed by atoms with Crippen LogP contribution in [-0.2, 0) is 4.79 Å². The van der Waals surface area contributed by atoms with Crippen molar-refractivity contribution in [3.8, 4) is 11.1 Å². The summed E-state index contributed by atoms with van der Waals surface area (Å²) in [6.45, 7) is 0.780. The Bertz CT molecular complexity index is 1350. The normalized spacial score (nSPS) is 17.3. The fourth-order valence-electron chi connectivity index (χ4n) is 4.60. The third-order valence-electron chi connectivity index (χ3n) is 6.85. The Hall–Kier alpha value is -4.40. The lowest BCUT2D eigenvalue weighted by atomic mass is 9.93. The number of likely N-dealkylation sites (N-methyl/N-ethyl adjacent to an activating group) is 1. The summed E-state index contributed by atoms with van der Waals surface area (Å²) < 4.78 is 0. The van der Waals surface area contributed by atoms with Crippen LogP contribution in [0.1, 0.15) is 53.3 Å². The smallest absolute Gasteiger partial charge is 0.274 e. The average molecular weight is 495 g/mol. The van der Waals surface area contributed by atoms with Crippen molar-refractivity contribution >= 4 is 29.7 Å². The molecule has 5 rings (SSSR count). The van der Waals surface area contributed by atoms with E-state index in [0.717, 1.165) is 55.4 Å². The SMILES string of the molecule is CN1CCCC(c2ccc(-c3ccnc(C(=O)Nc4cccc(C(=N)N(C=[N-])C5CC5)c4)c3)cn2)C1=O. The summed E-state index contributed by atoms with van der Waals surface area (Å²) in [7, 11) is 1.82. The second-order valence-electron chi connectivity index (χ2n) is 9.49. The van der Waals surface area contributed by atoms with Crippen molar-refractivity contribution in [3.05, 3.63) is 83.3 Å². The lowest BCUT2D eigenvalue weighted by Crippen LogP contribution is -2.37. The van der Waals surface area contributed by atoms with Crippen LogP contribution in [-0.4, -0.2) is 63.4 Å². The number of nitrogens with one attached hydrogen (secondary N) is 2. The minimum atomic E-state index is -0.376. The summed E-state index contributed by atoms with van der Waals surface area (Å²) >= 11 is 0. The summed E-state index contributed by atoms with van der Waals surface area (Å²) in [5.41, 5.74) is 3.74. The van der Waals surface area contributed by atoms with Gasteiger partial charge >= 0.3 is 0 Å². The average Bonchev–Trinajstić information content (AvgIpc) is 3.76. The molecule has 0 spiro atoms. The van der Waals surface area contributed by atoms with Gasteiger partial charge in [-0.25, -0.2) is 0 Å². The van der Waals surface area contributed by atoms with Crippen LogP contribution in [0.3, 0.4) is 0 Å². The Kier molecular flexibility index (Phi) is 6.76. The van der Waals surface area contributed by atoms with E-state index in [-0.39, 0.29) is 35.3 Å². The van der Waals surface area contributed by atoms with Crippen molar-refractivity contribution in [3.63, 3.8) is 0 Å². The summed E-state index contributed by atoms with van der Waals surface area (Å²) in [5.74, 6) is -0.309. The van der Waals surface area contributed by atoms with Crippen molar-refractivity contribution in [2.24, 2.45) is 0 Å². The number of amidine groups is 1. The summed E-state index contributed by atoms with van der Waals surface area (Å²) in [6.07, 6.45) is 7.88. The Morgan fingerprint density at radius 1 is 1.14 bits per heavy atom. The number of carbonyl (C=O) groups excluding carboxylic acids is 2. The monoisotopic (exact) mass is 494 g/mol. The largest absolute Gasteiger partial charge is 0.472 e. The zero-order valence-electron chi connectivity index (χ0n) is 20.6. The number of anilines is 1.